The molecule has 18 heavy (non-hydrogen) atoms. The Morgan fingerprint density at radius 3 is 2.50 bits per heavy atom. The van der Waals surface area contributed by atoms with Crippen molar-refractivity contribution in [2.24, 2.45) is 0 Å². The summed E-state index contributed by atoms with van der Waals surface area (Å²) in [6.07, 6.45) is 2.89. The zero-order valence-corrected chi connectivity index (χ0v) is 12.8. The van der Waals surface area contributed by atoms with Gasteiger partial charge < -0.3 is 13.9 Å². The molecule has 1 aromatic rings. The predicted octanol–water partition coefficient (Wildman–Crippen LogP) is 2.46. The van der Waals surface area contributed by atoms with E-state index in [1.165, 1.54) is 5.56 Å². The average molecular weight is 266 g/mol. The van der Waals surface area contributed by atoms with E-state index in [1.54, 1.807) is 14.2 Å². The van der Waals surface area contributed by atoms with Gasteiger partial charge in [0.1, 0.15) is 0 Å². The molecule has 0 radical (unpaired) electrons. The van der Waals surface area contributed by atoms with Crippen LogP contribution in [0.25, 0.3) is 6.08 Å². The highest BCUT2D eigenvalue weighted by molar-refractivity contribution is 6.28. The van der Waals surface area contributed by atoms with Crippen LogP contribution >= 0.6 is 0 Å². The third kappa shape index (κ3) is 4.06. The largest absolute Gasteiger partial charge is 0.411 e. The van der Waals surface area contributed by atoms with Crippen LogP contribution in [0.1, 0.15) is 30.6 Å². The SMILES string of the molecule is C=Cc1ccccc1C(CC)O[SiH2]C(OC)OC. The molecule has 0 aliphatic rings. The van der Waals surface area contributed by atoms with E-state index in [0.29, 0.717) is 0 Å². The molecule has 0 fully saturated rings. The van der Waals surface area contributed by atoms with Gasteiger partial charge in [-0.3, -0.25) is 0 Å². The fraction of sp³-hybridized carbons (Fsp3) is 0.429. The van der Waals surface area contributed by atoms with Crippen molar-refractivity contribution in [3.05, 3.63) is 42.0 Å². The Labute approximate surface area is 112 Å². The van der Waals surface area contributed by atoms with Gasteiger partial charge in [0, 0.05) is 14.2 Å². The van der Waals surface area contributed by atoms with Crippen LogP contribution < -0.4 is 0 Å². The molecule has 0 saturated carbocycles. The molecule has 0 aromatic heterocycles. The standard InChI is InChI=1S/C14H22O3Si/c1-5-11-9-7-8-10-12(11)13(6-2)17-18-14(15-3)16-4/h5,7-10,13-14H,1,6,18H2,2-4H3. The zero-order valence-electron chi connectivity index (χ0n) is 11.4. The van der Waals surface area contributed by atoms with Gasteiger partial charge in [0.25, 0.3) is 0 Å². The van der Waals surface area contributed by atoms with Crippen LogP contribution in [-0.2, 0) is 13.9 Å². The van der Waals surface area contributed by atoms with Gasteiger partial charge in [-0.15, -0.1) is 0 Å². The second kappa shape index (κ2) is 8.21. The molecule has 4 heteroatoms. The Kier molecular flexibility index (Phi) is 6.89. The van der Waals surface area contributed by atoms with Gasteiger partial charge in [-0.2, -0.15) is 0 Å². The van der Waals surface area contributed by atoms with Crippen molar-refractivity contribution >= 4 is 15.8 Å². The number of benzene rings is 1. The molecular formula is C14H22O3Si. The maximum Gasteiger partial charge on any atom is 0.224 e. The van der Waals surface area contributed by atoms with E-state index >= 15 is 0 Å². The van der Waals surface area contributed by atoms with E-state index in [1.807, 2.05) is 18.2 Å². The summed E-state index contributed by atoms with van der Waals surface area (Å²) in [7, 11) is 2.40. The summed E-state index contributed by atoms with van der Waals surface area (Å²) in [6.45, 7) is 5.96. The molecule has 1 atom stereocenters. The number of methoxy groups -OCH3 is 2. The zero-order chi connectivity index (χ0) is 13.4. The van der Waals surface area contributed by atoms with Crippen molar-refractivity contribution in [1.82, 2.24) is 0 Å². The maximum absolute atomic E-state index is 6.00. The van der Waals surface area contributed by atoms with Gasteiger partial charge in [-0.05, 0) is 17.5 Å². The lowest BCUT2D eigenvalue weighted by Crippen LogP contribution is -2.25. The van der Waals surface area contributed by atoms with E-state index in [2.05, 4.69) is 25.6 Å². The molecule has 0 bridgehead atoms. The van der Waals surface area contributed by atoms with E-state index in [9.17, 15) is 0 Å². The van der Waals surface area contributed by atoms with Gasteiger partial charge in [0.15, 0.2) is 5.91 Å². The summed E-state index contributed by atoms with van der Waals surface area (Å²) in [5.74, 6) is -0.185. The molecule has 0 saturated heterocycles. The highest BCUT2D eigenvalue weighted by Crippen LogP contribution is 2.25. The molecule has 3 nitrogen and oxygen atoms in total. The molecule has 1 unspecified atom stereocenters. The molecule has 0 amide bonds. The smallest absolute Gasteiger partial charge is 0.224 e. The minimum absolute atomic E-state index is 0.0960. The van der Waals surface area contributed by atoms with Crippen LogP contribution in [0.4, 0.5) is 0 Å². The van der Waals surface area contributed by atoms with Crippen LogP contribution in [0, 0.1) is 0 Å². The monoisotopic (exact) mass is 266 g/mol. The summed E-state index contributed by atoms with van der Waals surface area (Å²) in [4.78, 5) is 0. The van der Waals surface area contributed by atoms with Crippen molar-refractivity contribution < 1.29 is 13.9 Å². The van der Waals surface area contributed by atoms with Crippen molar-refractivity contribution in [3.63, 3.8) is 0 Å². The summed E-state index contributed by atoms with van der Waals surface area (Å²) < 4.78 is 16.4. The second-order valence-corrected chi connectivity index (χ2v) is 5.30. The predicted molar refractivity (Wildman–Crippen MR) is 77.0 cm³/mol. The Morgan fingerprint density at radius 1 is 1.28 bits per heavy atom. The summed E-state index contributed by atoms with van der Waals surface area (Å²) >= 11 is 0. The first-order valence-corrected chi connectivity index (χ1v) is 7.54. The Bertz CT molecular complexity index is 364. The number of hydrogen-bond donors (Lipinski definition) is 0. The van der Waals surface area contributed by atoms with Gasteiger partial charge in [-0.25, -0.2) is 0 Å². The molecule has 0 aliphatic carbocycles. The number of rotatable bonds is 8. The van der Waals surface area contributed by atoms with E-state index < -0.39 is 9.76 Å². The third-order valence-corrected chi connectivity index (χ3v) is 4.43. The number of ether oxygens (including phenoxy) is 2. The molecule has 1 rings (SSSR count). The molecule has 0 aliphatic heterocycles. The second-order valence-electron chi connectivity index (χ2n) is 3.96. The van der Waals surface area contributed by atoms with Gasteiger partial charge in [-0.1, -0.05) is 43.8 Å². The van der Waals surface area contributed by atoms with Gasteiger partial charge in [0.05, 0.1) is 6.10 Å². The van der Waals surface area contributed by atoms with Crippen molar-refractivity contribution in [2.45, 2.75) is 25.4 Å². The van der Waals surface area contributed by atoms with Crippen LogP contribution in [0.5, 0.6) is 0 Å². The normalized spacial score (nSPS) is 13.3. The highest BCUT2D eigenvalue weighted by Gasteiger charge is 2.15. The molecule has 0 N–H and O–H groups in total. The van der Waals surface area contributed by atoms with Crippen molar-refractivity contribution in [2.75, 3.05) is 14.2 Å². The lowest BCUT2D eigenvalue weighted by atomic mass is 10.0. The van der Waals surface area contributed by atoms with Crippen LogP contribution in [-0.4, -0.2) is 29.9 Å². The molecule has 1 aromatic carbocycles. The average Bonchev–Trinajstić information content (AvgIpc) is 2.44. The van der Waals surface area contributed by atoms with Crippen molar-refractivity contribution in [1.29, 1.82) is 0 Å². The van der Waals surface area contributed by atoms with Gasteiger partial charge in [0.2, 0.25) is 9.76 Å². The molecular weight excluding hydrogens is 244 g/mol. The van der Waals surface area contributed by atoms with Gasteiger partial charge >= 0.3 is 0 Å². The number of hydrogen-bond acceptors (Lipinski definition) is 3. The topological polar surface area (TPSA) is 27.7 Å². The lowest BCUT2D eigenvalue weighted by Gasteiger charge is -2.21. The summed E-state index contributed by atoms with van der Waals surface area (Å²) in [5, 5.41) is 0. The molecule has 100 valence electrons. The minimum atomic E-state index is -0.879. The van der Waals surface area contributed by atoms with Crippen LogP contribution in [0.2, 0.25) is 0 Å². The Morgan fingerprint density at radius 2 is 1.94 bits per heavy atom. The fourth-order valence-corrected chi connectivity index (χ4v) is 2.92. The summed E-state index contributed by atoms with van der Waals surface area (Å²) in [6, 6.07) is 8.19. The Hall–Kier alpha value is -0.943. The maximum atomic E-state index is 6.00. The first-order chi connectivity index (χ1) is 8.76. The first-order valence-electron chi connectivity index (χ1n) is 6.15. The van der Waals surface area contributed by atoms with E-state index in [-0.39, 0.29) is 12.0 Å². The third-order valence-electron chi connectivity index (χ3n) is 2.89. The lowest BCUT2D eigenvalue weighted by molar-refractivity contribution is -0.0556. The molecule has 0 heterocycles. The van der Waals surface area contributed by atoms with Crippen LogP contribution in [0.3, 0.4) is 0 Å². The van der Waals surface area contributed by atoms with Crippen LogP contribution in [0.15, 0.2) is 30.8 Å². The highest BCUT2D eigenvalue weighted by atomic mass is 28.2. The molecule has 0 spiro atoms. The van der Waals surface area contributed by atoms with Crippen molar-refractivity contribution in [3.8, 4) is 0 Å². The first kappa shape index (κ1) is 15.1. The summed E-state index contributed by atoms with van der Waals surface area (Å²) in [5.41, 5.74) is 2.32. The van der Waals surface area contributed by atoms with E-state index in [0.717, 1.165) is 12.0 Å². The van der Waals surface area contributed by atoms with E-state index in [4.69, 9.17) is 13.9 Å². The fourth-order valence-electron chi connectivity index (χ4n) is 1.84. The Balaban J connectivity index is 2.73. The minimum Gasteiger partial charge on any atom is -0.411 e. The quantitative estimate of drug-likeness (QED) is 0.534.